The van der Waals surface area contributed by atoms with Crippen molar-refractivity contribution < 1.29 is 19.0 Å². The van der Waals surface area contributed by atoms with Crippen LogP contribution in [-0.4, -0.2) is 56.3 Å². The van der Waals surface area contributed by atoms with Crippen LogP contribution in [0.1, 0.15) is 29.6 Å². The second kappa shape index (κ2) is 7.37. The van der Waals surface area contributed by atoms with Gasteiger partial charge >= 0.3 is 5.97 Å². The lowest BCUT2D eigenvalue weighted by atomic mass is 9.73. The molecule has 3 saturated heterocycles. The Morgan fingerprint density at radius 2 is 1.73 bits per heavy atom. The van der Waals surface area contributed by atoms with E-state index in [4.69, 9.17) is 14.2 Å². The van der Waals surface area contributed by atoms with Crippen molar-refractivity contribution in [3.8, 4) is 11.5 Å². The molecular weight excluding hydrogens is 356 g/mol. The Morgan fingerprint density at radius 1 is 1.12 bits per heavy atom. The topological polar surface area (TPSA) is 63.8 Å². The number of hydrogen-bond donors (Lipinski definition) is 1. The molecule has 1 aromatic heterocycles. The van der Waals surface area contributed by atoms with Gasteiger partial charge < -0.3 is 24.1 Å². The monoisotopic (exact) mass is 380 g/mol. The van der Waals surface area contributed by atoms with E-state index in [-0.39, 0.29) is 23.8 Å². The molecule has 2 aromatic rings. The molecule has 5 rings (SSSR count). The van der Waals surface area contributed by atoms with E-state index in [2.05, 4.69) is 9.88 Å². The van der Waals surface area contributed by atoms with Gasteiger partial charge in [0.2, 0.25) is 0 Å². The lowest BCUT2D eigenvalue weighted by Gasteiger charge is -2.47. The van der Waals surface area contributed by atoms with Crippen molar-refractivity contribution in [3.63, 3.8) is 0 Å². The van der Waals surface area contributed by atoms with Crippen molar-refractivity contribution in [2.75, 3.05) is 40.5 Å². The summed E-state index contributed by atoms with van der Waals surface area (Å²) in [6, 6.07) is 3.65. The molecule has 3 aliphatic heterocycles. The number of fused-ring (bicyclic) bond motifs is 4. The summed E-state index contributed by atoms with van der Waals surface area (Å²) in [5.41, 5.74) is 1.55. The molecule has 0 radical (unpaired) electrons. The SMILES string of the molecule is COc1cc2[nH]cc(C(=O)OCC34CCN(CC3)CC4)c2cc1OC.Cl. The standard InChI is InChI=1S/C19H24N2O4.ClH/c1-23-16-9-13-14(11-20-15(13)10-17(16)24-2)18(22)25-12-19-3-6-21(7-4-19)8-5-19;/h9-11,20H,3-8,12H2,1-2H3;1H. The highest BCUT2D eigenvalue weighted by atomic mass is 35.5. The van der Waals surface area contributed by atoms with Crippen LogP contribution in [-0.2, 0) is 4.74 Å². The summed E-state index contributed by atoms with van der Waals surface area (Å²) in [5, 5.41) is 0.790. The van der Waals surface area contributed by atoms with Gasteiger partial charge in [0, 0.05) is 23.1 Å². The van der Waals surface area contributed by atoms with Crippen LogP contribution in [0.15, 0.2) is 18.3 Å². The van der Waals surface area contributed by atoms with Crippen LogP contribution in [0.4, 0.5) is 0 Å². The van der Waals surface area contributed by atoms with Crippen LogP contribution in [0.25, 0.3) is 10.9 Å². The second-order valence-electron chi connectivity index (χ2n) is 7.12. The van der Waals surface area contributed by atoms with Gasteiger partial charge in [-0.3, -0.25) is 0 Å². The predicted molar refractivity (Wildman–Crippen MR) is 102 cm³/mol. The molecule has 6 nitrogen and oxygen atoms in total. The van der Waals surface area contributed by atoms with Crippen LogP contribution in [0, 0.1) is 5.41 Å². The Bertz CT molecular complexity index is 782. The minimum Gasteiger partial charge on any atom is -0.493 e. The van der Waals surface area contributed by atoms with Crippen molar-refractivity contribution in [3.05, 3.63) is 23.9 Å². The number of rotatable bonds is 5. The number of hydrogen-bond acceptors (Lipinski definition) is 5. The number of piperidine rings is 3. The number of carbonyl (C=O) groups excluding carboxylic acids is 1. The average Bonchev–Trinajstić information content (AvgIpc) is 3.09. The molecule has 0 amide bonds. The number of halogens is 1. The van der Waals surface area contributed by atoms with Crippen LogP contribution in [0.3, 0.4) is 0 Å². The Labute approximate surface area is 159 Å². The highest BCUT2D eigenvalue weighted by molar-refractivity contribution is 6.05. The van der Waals surface area contributed by atoms with Crippen molar-refractivity contribution in [1.82, 2.24) is 9.88 Å². The van der Waals surface area contributed by atoms with Gasteiger partial charge in [-0.15, -0.1) is 12.4 Å². The van der Waals surface area contributed by atoms with E-state index in [0.29, 0.717) is 23.7 Å². The number of nitrogens with one attached hydrogen (secondary N) is 1. The van der Waals surface area contributed by atoms with Gasteiger partial charge in [-0.1, -0.05) is 0 Å². The fourth-order valence-electron chi connectivity index (χ4n) is 4.03. The third kappa shape index (κ3) is 3.23. The number of aromatic amines is 1. The summed E-state index contributed by atoms with van der Waals surface area (Å²) in [4.78, 5) is 18.3. The maximum absolute atomic E-state index is 12.7. The van der Waals surface area contributed by atoms with Gasteiger partial charge in [0.15, 0.2) is 11.5 Å². The molecule has 26 heavy (non-hydrogen) atoms. The number of ether oxygens (including phenoxy) is 3. The molecule has 0 spiro atoms. The first-order valence-electron chi connectivity index (χ1n) is 8.77. The number of methoxy groups -OCH3 is 2. The first-order valence-corrected chi connectivity index (χ1v) is 8.77. The minimum atomic E-state index is -0.277. The zero-order valence-corrected chi connectivity index (χ0v) is 16.0. The van der Waals surface area contributed by atoms with Crippen molar-refractivity contribution in [2.24, 2.45) is 5.41 Å². The second-order valence-corrected chi connectivity index (χ2v) is 7.12. The molecule has 4 heterocycles. The number of nitrogens with zero attached hydrogens (tertiary/aromatic N) is 1. The number of esters is 1. The summed E-state index contributed by atoms with van der Waals surface area (Å²) in [7, 11) is 3.18. The van der Waals surface area contributed by atoms with Crippen LogP contribution in [0.2, 0.25) is 0 Å². The zero-order chi connectivity index (χ0) is 17.4. The summed E-state index contributed by atoms with van der Waals surface area (Å²) in [6.07, 6.45) is 5.07. The van der Waals surface area contributed by atoms with Gasteiger partial charge in [-0.25, -0.2) is 4.79 Å². The number of aromatic nitrogens is 1. The maximum Gasteiger partial charge on any atom is 0.340 e. The summed E-state index contributed by atoms with van der Waals surface area (Å²) in [5.74, 6) is 0.951. The van der Waals surface area contributed by atoms with Crippen molar-refractivity contribution >= 4 is 29.3 Å². The molecule has 0 atom stereocenters. The van der Waals surface area contributed by atoms with Gasteiger partial charge in [-0.05, 0) is 45.0 Å². The maximum atomic E-state index is 12.7. The lowest BCUT2D eigenvalue weighted by Crippen LogP contribution is -2.50. The molecule has 1 N–H and O–H groups in total. The Balaban J connectivity index is 0.00000196. The van der Waals surface area contributed by atoms with E-state index in [9.17, 15) is 4.79 Å². The third-order valence-electron chi connectivity index (χ3n) is 5.79. The smallest absolute Gasteiger partial charge is 0.340 e. The van der Waals surface area contributed by atoms with Gasteiger partial charge in [0.05, 0.1) is 31.9 Å². The fourth-order valence-corrected chi connectivity index (χ4v) is 4.03. The quantitative estimate of drug-likeness (QED) is 0.807. The number of benzene rings is 1. The summed E-state index contributed by atoms with van der Waals surface area (Å²) < 4.78 is 16.4. The van der Waals surface area contributed by atoms with E-state index in [1.54, 1.807) is 20.4 Å². The van der Waals surface area contributed by atoms with Crippen molar-refractivity contribution in [1.29, 1.82) is 0 Å². The first-order chi connectivity index (χ1) is 12.1. The van der Waals surface area contributed by atoms with Gasteiger partial charge in [0.25, 0.3) is 0 Å². The number of H-pyrrole nitrogens is 1. The molecule has 0 saturated carbocycles. The molecule has 142 valence electrons. The highest BCUT2D eigenvalue weighted by Gasteiger charge is 2.40. The molecule has 2 bridgehead atoms. The minimum absolute atomic E-state index is 0. The van der Waals surface area contributed by atoms with E-state index in [1.165, 1.54) is 0 Å². The van der Waals surface area contributed by atoms with Crippen LogP contribution in [0.5, 0.6) is 11.5 Å². The van der Waals surface area contributed by atoms with Crippen molar-refractivity contribution in [2.45, 2.75) is 19.3 Å². The zero-order valence-electron chi connectivity index (χ0n) is 15.2. The van der Waals surface area contributed by atoms with E-state index in [0.717, 1.165) is 49.8 Å². The number of carbonyl (C=O) groups is 1. The molecule has 3 fully saturated rings. The Kier molecular flexibility index (Phi) is 5.34. The third-order valence-corrected chi connectivity index (χ3v) is 5.79. The Morgan fingerprint density at radius 3 is 2.35 bits per heavy atom. The van der Waals surface area contributed by atoms with E-state index >= 15 is 0 Å². The van der Waals surface area contributed by atoms with E-state index in [1.807, 2.05) is 12.1 Å². The first kappa shape index (κ1) is 18.9. The fraction of sp³-hybridized carbons (Fsp3) is 0.526. The molecule has 7 heteroatoms. The van der Waals surface area contributed by atoms with Gasteiger partial charge in [-0.2, -0.15) is 0 Å². The molecular formula is C19H25ClN2O4. The molecule has 0 aliphatic carbocycles. The Hall–Kier alpha value is -1.92. The molecule has 0 unspecified atom stereocenters. The normalized spacial score (nSPS) is 24.2. The van der Waals surface area contributed by atoms with Crippen LogP contribution >= 0.6 is 12.4 Å². The average molecular weight is 381 g/mol. The summed E-state index contributed by atoms with van der Waals surface area (Å²) >= 11 is 0. The molecule has 1 aromatic carbocycles. The lowest BCUT2D eigenvalue weighted by molar-refractivity contribution is -0.0304. The highest BCUT2D eigenvalue weighted by Crippen LogP contribution is 2.40. The molecule has 3 aliphatic rings. The predicted octanol–water partition coefficient (Wildman–Crippen LogP) is 3.25. The van der Waals surface area contributed by atoms with Crippen LogP contribution < -0.4 is 9.47 Å². The van der Waals surface area contributed by atoms with Gasteiger partial charge in [0.1, 0.15) is 0 Å². The summed E-state index contributed by atoms with van der Waals surface area (Å²) in [6.45, 7) is 3.89. The van der Waals surface area contributed by atoms with E-state index < -0.39 is 0 Å². The largest absolute Gasteiger partial charge is 0.493 e.